The number of carbonyl (C=O) groups is 2. The predicted molar refractivity (Wildman–Crippen MR) is 112 cm³/mol. The van der Waals surface area contributed by atoms with Gasteiger partial charge in [-0.2, -0.15) is 0 Å². The first-order chi connectivity index (χ1) is 14.6. The van der Waals surface area contributed by atoms with Gasteiger partial charge in [-0.05, 0) is 43.2 Å². The standard InChI is InChI=1S/C23H26FN3O3/c24-18-5-3-4-17(16-18)22(28)25-19-8-10-26(11-9-19)21-7-2-1-6-20(21)23(29)27-12-14-30-15-13-27/h1-7,16,19H,8-15H2,(H,25,28). The summed E-state index contributed by atoms with van der Waals surface area (Å²) in [4.78, 5) is 29.4. The van der Waals surface area contributed by atoms with Crippen LogP contribution in [0.2, 0.25) is 0 Å². The van der Waals surface area contributed by atoms with E-state index in [9.17, 15) is 14.0 Å². The van der Waals surface area contributed by atoms with Gasteiger partial charge < -0.3 is 19.9 Å². The third-order valence-corrected chi connectivity index (χ3v) is 5.69. The molecule has 0 unspecified atom stereocenters. The molecule has 2 aromatic carbocycles. The average Bonchev–Trinajstić information content (AvgIpc) is 2.80. The number of ether oxygens (including phenoxy) is 1. The number of amides is 2. The number of morpholine rings is 1. The number of piperidine rings is 1. The lowest BCUT2D eigenvalue weighted by Gasteiger charge is -2.35. The highest BCUT2D eigenvalue weighted by atomic mass is 19.1. The van der Waals surface area contributed by atoms with E-state index in [1.807, 2.05) is 29.2 Å². The molecule has 2 amide bonds. The number of anilines is 1. The molecule has 0 saturated carbocycles. The molecule has 2 fully saturated rings. The van der Waals surface area contributed by atoms with Crippen LogP contribution in [0, 0.1) is 5.82 Å². The Balaban J connectivity index is 1.38. The molecule has 0 bridgehead atoms. The molecule has 0 spiro atoms. The van der Waals surface area contributed by atoms with Crippen LogP contribution in [-0.2, 0) is 4.74 Å². The first kappa shape index (κ1) is 20.3. The molecular weight excluding hydrogens is 385 g/mol. The smallest absolute Gasteiger partial charge is 0.256 e. The van der Waals surface area contributed by atoms with Gasteiger partial charge in [0.25, 0.3) is 11.8 Å². The summed E-state index contributed by atoms with van der Waals surface area (Å²) in [5, 5.41) is 3.00. The highest BCUT2D eigenvalue weighted by molar-refractivity contribution is 6.00. The predicted octanol–water partition coefficient (Wildman–Crippen LogP) is 2.70. The van der Waals surface area contributed by atoms with Gasteiger partial charge in [0.05, 0.1) is 18.8 Å². The quantitative estimate of drug-likeness (QED) is 0.841. The molecule has 6 nitrogen and oxygen atoms in total. The fourth-order valence-corrected chi connectivity index (χ4v) is 4.03. The zero-order chi connectivity index (χ0) is 20.9. The van der Waals surface area contributed by atoms with Gasteiger partial charge in [-0.3, -0.25) is 9.59 Å². The molecule has 4 rings (SSSR count). The number of nitrogens with one attached hydrogen (secondary N) is 1. The molecule has 2 aromatic rings. The molecule has 2 aliphatic heterocycles. The Kier molecular flexibility index (Phi) is 6.28. The maximum absolute atomic E-state index is 13.4. The average molecular weight is 411 g/mol. The van der Waals surface area contributed by atoms with Gasteiger partial charge in [0.1, 0.15) is 5.82 Å². The summed E-state index contributed by atoms with van der Waals surface area (Å²) in [7, 11) is 0. The van der Waals surface area contributed by atoms with Crippen molar-refractivity contribution >= 4 is 17.5 Å². The van der Waals surface area contributed by atoms with E-state index >= 15 is 0 Å². The Morgan fingerprint density at radius 3 is 2.43 bits per heavy atom. The number of carbonyl (C=O) groups excluding carboxylic acids is 2. The number of hydrogen-bond donors (Lipinski definition) is 1. The lowest BCUT2D eigenvalue weighted by molar-refractivity contribution is 0.0303. The topological polar surface area (TPSA) is 61.9 Å². The third kappa shape index (κ3) is 4.62. The zero-order valence-electron chi connectivity index (χ0n) is 16.9. The summed E-state index contributed by atoms with van der Waals surface area (Å²) < 4.78 is 18.7. The van der Waals surface area contributed by atoms with E-state index in [2.05, 4.69) is 10.2 Å². The van der Waals surface area contributed by atoms with Crippen LogP contribution < -0.4 is 10.2 Å². The molecule has 158 valence electrons. The highest BCUT2D eigenvalue weighted by Crippen LogP contribution is 2.26. The second kappa shape index (κ2) is 9.26. The first-order valence-electron chi connectivity index (χ1n) is 10.4. The second-order valence-corrected chi connectivity index (χ2v) is 7.67. The second-order valence-electron chi connectivity index (χ2n) is 7.67. The minimum absolute atomic E-state index is 0.0270. The molecule has 1 N–H and O–H groups in total. The van der Waals surface area contributed by atoms with Crippen LogP contribution in [0.4, 0.5) is 10.1 Å². The summed E-state index contributed by atoms with van der Waals surface area (Å²) in [5.74, 6) is -0.634. The van der Waals surface area contributed by atoms with Crippen molar-refractivity contribution in [3.63, 3.8) is 0 Å². The highest BCUT2D eigenvalue weighted by Gasteiger charge is 2.26. The van der Waals surface area contributed by atoms with Crippen LogP contribution in [-0.4, -0.2) is 62.1 Å². The van der Waals surface area contributed by atoms with Gasteiger partial charge in [0.15, 0.2) is 0 Å². The van der Waals surface area contributed by atoms with Crippen LogP contribution >= 0.6 is 0 Å². The molecule has 2 saturated heterocycles. The van der Waals surface area contributed by atoms with E-state index < -0.39 is 5.82 Å². The summed E-state index contributed by atoms with van der Waals surface area (Å²) in [5.41, 5.74) is 1.98. The van der Waals surface area contributed by atoms with Crippen LogP contribution in [0.5, 0.6) is 0 Å². The van der Waals surface area contributed by atoms with Crippen molar-refractivity contribution in [3.05, 3.63) is 65.5 Å². The zero-order valence-corrected chi connectivity index (χ0v) is 16.9. The van der Waals surface area contributed by atoms with E-state index in [0.717, 1.165) is 31.6 Å². The van der Waals surface area contributed by atoms with Gasteiger partial charge in [-0.1, -0.05) is 18.2 Å². The van der Waals surface area contributed by atoms with Crippen LogP contribution in [0.25, 0.3) is 0 Å². The van der Waals surface area contributed by atoms with Gasteiger partial charge in [0.2, 0.25) is 0 Å². The number of benzene rings is 2. The first-order valence-corrected chi connectivity index (χ1v) is 10.4. The van der Waals surface area contributed by atoms with Gasteiger partial charge >= 0.3 is 0 Å². The van der Waals surface area contributed by atoms with Crippen molar-refractivity contribution in [1.82, 2.24) is 10.2 Å². The summed E-state index contributed by atoms with van der Waals surface area (Å²) in [6, 6.07) is 13.5. The Morgan fingerprint density at radius 2 is 1.70 bits per heavy atom. The number of halogens is 1. The number of rotatable bonds is 4. The molecule has 0 aromatic heterocycles. The van der Waals surface area contributed by atoms with Gasteiger partial charge in [-0.25, -0.2) is 4.39 Å². The van der Waals surface area contributed by atoms with Crippen LogP contribution in [0.15, 0.2) is 48.5 Å². The Hall–Kier alpha value is -2.93. The van der Waals surface area contributed by atoms with Gasteiger partial charge in [0, 0.05) is 43.5 Å². The van der Waals surface area contributed by atoms with Crippen molar-refractivity contribution in [3.8, 4) is 0 Å². The minimum atomic E-state index is -0.418. The summed E-state index contributed by atoms with van der Waals surface area (Å²) in [6.45, 7) is 3.85. The summed E-state index contributed by atoms with van der Waals surface area (Å²) in [6.07, 6.45) is 1.53. The molecule has 0 radical (unpaired) electrons. The Bertz CT molecular complexity index is 906. The molecule has 0 aliphatic carbocycles. The van der Waals surface area contributed by atoms with E-state index in [4.69, 9.17) is 4.74 Å². The largest absolute Gasteiger partial charge is 0.378 e. The fraction of sp³-hybridized carbons (Fsp3) is 0.391. The van der Waals surface area contributed by atoms with Gasteiger partial charge in [-0.15, -0.1) is 0 Å². The lowest BCUT2D eigenvalue weighted by Crippen LogP contribution is -2.45. The van der Waals surface area contributed by atoms with Crippen LogP contribution in [0.1, 0.15) is 33.6 Å². The SMILES string of the molecule is O=C(NC1CCN(c2ccccc2C(=O)N2CCOCC2)CC1)c1cccc(F)c1. The molecular formula is C23H26FN3O3. The minimum Gasteiger partial charge on any atom is -0.378 e. The monoisotopic (exact) mass is 411 g/mol. The number of nitrogens with zero attached hydrogens (tertiary/aromatic N) is 2. The van der Waals surface area contributed by atoms with Crippen molar-refractivity contribution in [2.24, 2.45) is 0 Å². The third-order valence-electron chi connectivity index (χ3n) is 5.69. The lowest BCUT2D eigenvalue weighted by atomic mass is 10.0. The maximum atomic E-state index is 13.4. The Labute approximate surface area is 175 Å². The molecule has 30 heavy (non-hydrogen) atoms. The number of hydrogen-bond acceptors (Lipinski definition) is 4. The van der Waals surface area contributed by atoms with Crippen LogP contribution in [0.3, 0.4) is 0 Å². The molecule has 0 atom stereocenters. The fourth-order valence-electron chi connectivity index (χ4n) is 4.03. The summed E-state index contributed by atoms with van der Waals surface area (Å²) >= 11 is 0. The molecule has 2 heterocycles. The van der Waals surface area contributed by atoms with E-state index in [0.29, 0.717) is 37.4 Å². The van der Waals surface area contributed by atoms with Crippen molar-refractivity contribution in [1.29, 1.82) is 0 Å². The van der Waals surface area contributed by atoms with Crippen molar-refractivity contribution in [2.75, 3.05) is 44.3 Å². The van der Waals surface area contributed by atoms with Crippen molar-refractivity contribution < 1.29 is 18.7 Å². The van der Waals surface area contributed by atoms with E-state index in [1.54, 1.807) is 6.07 Å². The number of para-hydroxylation sites is 1. The molecule has 2 aliphatic rings. The molecule has 7 heteroatoms. The normalized spacial score (nSPS) is 17.6. The Morgan fingerprint density at radius 1 is 0.967 bits per heavy atom. The van der Waals surface area contributed by atoms with E-state index in [-0.39, 0.29) is 17.9 Å². The van der Waals surface area contributed by atoms with E-state index in [1.165, 1.54) is 18.2 Å². The maximum Gasteiger partial charge on any atom is 0.256 e. The van der Waals surface area contributed by atoms with Crippen molar-refractivity contribution in [2.45, 2.75) is 18.9 Å².